The van der Waals surface area contributed by atoms with E-state index in [9.17, 15) is 0 Å². The average molecular weight is 164 g/mol. The monoisotopic (exact) mass is 164 g/mol. The molecule has 0 amide bonds. The highest BCUT2D eigenvalue weighted by Gasteiger charge is 2.32. The first-order chi connectivity index (χ1) is 5.13. The standard InChI is InChI=1S/C6H16N2O3/c1-3-5-6(4-2,7-9)8(10)11/h7,9-11H,3-5H2,1-2H3. The quantitative estimate of drug-likeness (QED) is 0.359. The Morgan fingerprint density at radius 2 is 1.91 bits per heavy atom. The number of hydroxylamine groups is 3. The Bertz CT molecular complexity index is 104. The Kier molecular flexibility index (Phi) is 4.55. The Balaban J connectivity index is 4.20. The fourth-order valence-corrected chi connectivity index (χ4v) is 1.01. The number of hydrogen-bond donors (Lipinski definition) is 4. The third-order valence-electron chi connectivity index (χ3n) is 1.84. The first-order valence-electron chi connectivity index (χ1n) is 3.72. The van der Waals surface area contributed by atoms with Gasteiger partial charge in [0.05, 0.1) is 0 Å². The van der Waals surface area contributed by atoms with Gasteiger partial charge in [0.15, 0.2) is 0 Å². The van der Waals surface area contributed by atoms with E-state index in [-0.39, 0.29) is 5.23 Å². The Morgan fingerprint density at radius 3 is 2.00 bits per heavy atom. The predicted molar refractivity (Wildman–Crippen MR) is 38.3 cm³/mol. The van der Waals surface area contributed by atoms with E-state index in [1.54, 1.807) is 6.92 Å². The molecule has 0 saturated heterocycles. The lowest BCUT2D eigenvalue weighted by molar-refractivity contribution is -0.385. The molecule has 5 nitrogen and oxygen atoms in total. The molecule has 0 rings (SSSR count). The highest BCUT2D eigenvalue weighted by atomic mass is 16.8. The van der Waals surface area contributed by atoms with E-state index >= 15 is 0 Å². The van der Waals surface area contributed by atoms with Crippen molar-refractivity contribution >= 4 is 0 Å². The van der Waals surface area contributed by atoms with Gasteiger partial charge >= 0.3 is 0 Å². The zero-order chi connectivity index (χ0) is 8.91. The van der Waals surface area contributed by atoms with Gasteiger partial charge in [0.25, 0.3) is 0 Å². The van der Waals surface area contributed by atoms with Crippen LogP contribution in [0.1, 0.15) is 33.1 Å². The van der Waals surface area contributed by atoms with Gasteiger partial charge in [0, 0.05) is 0 Å². The van der Waals surface area contributed by atoms with Gasteiger partial charge in [-0.15, -0.1) is 0 Å². The number of rotatable bonds is 5. The van der Waals surface area contributed by atoms with Crippen LogP contribution in [0.3, 0.4) is 0 Å². The van der Waals surface area contributed by atoms with Crippen LogP contribution in [0, 0.1) is 0 Å². The van der Waals surface area contributed by atoms with Gasteiger partial charge in [-0.2, -0.15) is 5.48 Å². The smallest absolute Gasteiger partial charge is 0.144 e. The normalized spacial score (nSPS) is 16.9. The van der Waals surface area contributed by atoms with E-state index in [2.05, 4.69) is 0 Å². The lowest BCUT2D eigenvalue weighted by Crippen LogP contribution is -2.54. The fraction of sp³-hybridized carbons (Fsp3) is 1.00. The molecule has 0 aromatic heterocycles. The second-order valence-corrected chi connectivity index (χ2v) is 2.54. The van der Waals surface area contributed by atoms with E-state index in [0.29, 0.717) is 12.8 Å². The highest BCUT2D eigenvalue weighted by molar-refractivity contribution is 4.74. The molecule has 1 unspecified atom stereocenters. The summed E-state index contributed by atoms with van der Waals surface area (Å²) in [5.41, 5.74) is 0.775. The van der Waals surface area contributed by atoms with Crippen molar-refractivity contribution < 1.29 is 15.6 Å². The molecule has 0 aliphatic carbocycles. The summed E-state index contributed by atoms with van der Waals surface area (Å²) in [6, 6.07) is 0. The van der Waals surface area contributed by atoms with Crippen molar-refractivity contribution in [1.29, 1.82) is 0 Å². The van der Waals surface area contributed by atoms with Gasteiger partial charge < -0.3 is 5.21 Å². The van der Waals surface area contributed by atoms with Crippen LogP contribution in [0.25, 0.3) is 0 Å². The van der Waals surface area contributed by atoms with Gasteiger partial charge in [-0.3, -0.25) is 10.4 Å². The predicted octanol–water partition coefficient (Wildman–Crippen LogP) is 0.952. The highest BCUT2D eigenvalue weighted by Crippen LogP contribution is 2.18. The molecule has 0 aliphatic heterocycles. The average Bonchev–Trinajstić information content (AvgIpc) is 2.00. The summed E-state index contributed by atoms with van der Waals surface area (Å²) in [7, 11) is 0. The van der Waals surface area contributed by atoms with E-state index in [1.807, 2.05) is 12.4 Å². The molecule has 0 saturated carbocycles. The van der Waals surface area contributed by atoms with Gasteiger partial charge in [0.2, 0.25) is 0 Å². The van der Waals surface area contributed by atoms with Gasteiger partial charge in [-0.05, 0) is 18.1 Å². The van der Waals surface area contributed by atoms with Crippen molar-refractivity contribution in [1.82, 2.24) is 10.7 Å². The van der Waals surface area contributed by atoms with Gasteiger partial charge in [-0.1, -0.05) is 20.3 Å². The van der Waals surface area contributed by atoms with Crippen LogP contribution < -0.4 is 5.48 Å². The summed E-state index contributed by atoms with van der Waals surface area (Å²) < 4.78 is 0. The maximum absolute atomic E-state index is 8.76. The van der Waals surface area contributed by atoms with Crippen molar-refractivity contribution in [3.05, 3.63) is 0 Å². The van der Waals surface area contributed by atoms with Crippen LogP contribution in [-0.2, 0) is 0 Å². The van der Waals surface area contributed by atoms with Crippen LogP contribution >= 0.6 is 0 Å². The summed E-state index contributed by atoms with van der Waals surface area (Å²) >= 11 is 0. The van der Waals surface area contributed by atoms with Gasteiger partial charge in [-0.25, -0.2) is 0 Å². The van der Waals surface area contributed by atoms with Crippen LogP contribution in [0.4, 0.5) is 0 Å². The van der Waals surface area contributed by atoms with Crippen LogP contribution in [0.2, 0.25) is 0 Å². The minimum absolute atomic E-state index is 0.0243. The Labute approximate surface area is 66.1 Å². The molecule has 0 radical (unpaired) electrons. The maximum atomic E-state index is 8.76. The first-order valence-corrected chi connectivity index (χ1v) is 3.72. The van der Waals surface area contributed by atoms with E-state index in [0.717, 1.165) is 6.42 Å². The number of nitrogens with one attached hydrogen (secondary N) is 1. The fourth-order valence-electron chi connectivity index (χ4n) is 1.01. The molecule has 0 spiro atoms. The third-order valence-corrected chi connectivity index (χ3v) is 1.84. The van der Waals surface area contributed by atoms with Crippen molar-refractivity contribution in [2.24, 2.45) is 0 Å². The second-order valence-electron chi connectivity index (χ2n) is 2.54. The molecule has 4 N–H and O–H groups in total. The van der Waals surface area contributed by atoms with Crippen LogP contribution in [0.15, 0.2) is 0 Å². The van der Waals surface area contributed by atoms with Crippen molar-refractivity contribution in [2.75, 3.05) is 0 Å². The molecule has 11 heavy (non-hydrogen) atoms. The van der Waals surface area contributed by atoms with Crippen molar-refractivity contribution in [3.8, 4) is 0 Å². The molecule has 0 bridgehead atoms. The zero-order valence-electron chi connectivity index (χ0n) is 6.91. The van der Waals surface area contributed by atoms with Crippen LogP contribution in [0.5, 0.6) is 0 Å². The number of nitrogens with zero attached hydrogens (tertiary/aromatic N) is 1. The SMILES string of the molecule is CCCC(CC)(NO)N(O)O. The summed E-state index contributed by atoms with van der Waals surface area (Å²) in [5.74, 6) is 0. The molecule has 0 aromatic carbocycles. The van der Waals surface area contributed by atoms with E-state index in [4.69, 9.17) is 15.6 Å². The van der Waals surface area contributed by atoms with E-state index < -0.39 is 5.66 Å². The minimum atomic E-state index is -1.12. The lowest BCUT2D eigenvalue weighted by Gasteiger charge is -2.33. The minimum Gasteiger partial charge on any atom is -0.315 e. The first kappa shape index (κ1) is 10.8. The molecule has 5 heteroatoms. The topological polar surface area (TPSA) is 76.0 Å². The van der Waals surface area contributed by atoms with Crippen molar-refractivity contribution in [3.63, 3.8) is 0 Å². The van der Waals surface area contributed by atoms with Gasteiger partial charge in [0.1, 0.15) is 5.66 Å². The largest absolute Gasteiger partial charge is 0.315 e. The van der Waals surface area contributed by atoms with Crippen LogP contribution in [-0.4, -0.2) is 26.5 Å². The molecule has 0 aromatic rings. The molecule has 68 valence electrons. The zero-order valence-corrected chi connectivity index (χ0v) is 6.91. The molecule has 0 aliphatic rings. The number of hydrogen-bond acceptors (Lipinski definition) is 5. The Hall–Kier alpha value is -0.200. The summed E-state index contributed by atoms with van der Waals surface area (Å²) in [6.07, 6.45) is 1.62. The third kappa shape index (κ3) is 2.39. The summed E-state index contributed by atoms with van der Waals surface area (Å²) in [6.45, 7) is 3.64. The molecular weight excluding hydrogens is 148 g/mol. The second kappa shape index (κ2) is 4.63. The molecule has 1 atom stereocenters. The lowest BCUT2D eigenvalue weighted by atomic mass is 10.0. The molecular formula is C6H16N2O3. The van der Waals surface area contributed by atoms with Crippen molar-refractivity contribution in [2.45, 2.75) is 38.8 Å². The molecule has 0 heterocycles. The Morgan fingerprint density at radius 1 is 1.36 bits per heavy atom. The van der Waals surface area contributed by atoms with E-state index in [1.165, 1.54) is 0 Å². The molecule has 0 fully saturated rings. The summed E-state index contributed by atoms with van der Waals surface area (Å²) in [5, 5.41) is 26.2. The maximum Gasteiger partial charge on any atom is 0.144 e. The summed E-state index contributed by atoms with van der Waals surface area (Å²) in [4.78, 5) is 0.